The molecule has 0 saturated carbocycles. The number of benzene rings is 2. The molecule has 0 fully saturated rings. The fraction of sp³-hybridized carbons (Fsp3) is 0. The maximum Gasteiger partial charge on any atom is 0.312 e. The molecule has 0 unspecified atom stereocenters. The highest BCUT2D eigenvalue weighted by atomic mass is 32.2. The summed E-state index contributed by atoms with van der Waals surface area (Å²) in [6.45, 7) is 0. The lowest BCUT2D eigenvalue weighted by Gasteiger charge is -2.09. The molecule has 0 aromatic heterocycles. The second-order valence-corrected chi connectivity index (χ2v) is 5.68. The lowest BCUT2D eigenvalue weighted by molar-refractivity contribution is -0.386. The monoisotopic (exact) mass is 312 g/mol. The van der Waals surface area contributed by atoms with Crippen molar-refractivity contribution >= 4 is 21.4 Å². The summed E-state index contributed by atoms with van der Waals surface area (Å²) in [5, 5.41) is 20.0. The highest BCUT2D eigenvalue weighted by Gasteiger charge is 2.22. The lowest BCUT2D eigenvalue weighted by atomic mass is 10.3. The van der Waals surface area contributed by atoms with Crippen LogP contribution in [-0.4, -0.2) is 18.4 Å². The average Bonchev–Trinajstić information content (AvgIpc) is 2.41. The van der Waals surface area contributed by atoms with E-state index in [4.69, 9.17) is 0 Å². The summed E-state index contributed by atoms with van der Waals surface area (Å²) >= 11 is 0. The molecule has 2 rings (SSSR count). The standard InChI is InChI=1S/C12H9FN2O5S/c13-9-3-1-2-4-10(9)14-21(19,20)8-5-6-12(16)11(7-8)15(17)18/h1-7,14,16H. The SMILES string of the molecule is O=[N+]([O-])c1cc(S(=O)(=O)Nc2ccccc2F)ccc1O. The lowest BCUT2D eigenvalue weighted by Crippen LogP contribution is -2.14. The average molecular weight is 312 g/mol. The number of aromatic hydroxyl groups is 1. The first-order chi connectivity index (χ1) is 9.81. The molecule has 0 aliphatic heterocycles. The predicted molar refractivity (Wildman–Crippen MR) is 72.0 cm³/mol. The molecular weight excluding hydrogens is 303 g/mol. The van der Waals surface area contributed by atoms with Crippen LogP contribution >= 0.6 is 0 Å². The first-order valence-electron chi connectivity index (χ1n) is 5.56. The number of sulfonamides is 1. The van der Waals surface area contributed by atoms with Crippen LogP contribution in [0.2, 0.25) is 0 Å². The van der Waals surface area contributed by atoms with Crippen LogP contribution in [0.3, 0.4) is 0 Å². The molecule has 0 saturated heterocycles. The number of halogens is 1. The Bertz CT molecular complexity index is 807. The minimum atomic E-state index is -4.21. The highest BCUT2D eigenvalue weighted by molar-refractivity contribution is 7.92. The van der Waals surface area contributed by atoms with Crippen LogP contribution in [0.4, 0.5) is 15.8 Å². The van der Waals surface area contributed by atoms with Crippen molar-refractivity contribution in [3.05, 3.63) is 58.4 Å². The Kier molecular flexibility index (Phi) is 3.76. The minimum Gasteiger partial charge on any atom is -0.502 e. The van der Waals surface area contributed by atoms with Crippen LogP contribution in [0.15, 0.2) is 47.4 Å². The third kappa shape index (κ3) is 3.08. The first kappa shape index (κ1) is 14.7. The Morgan fingerprint density at radius 1 is 1.19 bits per heavy atom. The molecule has 0 radical (unpaired) electrons. The smallest absolute Gasteiger partial charge is 0.312 e. The molecule has 7 nitrogen and oxygen atoms in total. The molecule has 0 aliphatic carbocycles. The van der Waals surface area contributed by atoms with Gasteiger partial charge in [-0.1, -0.05) is 12.1 Å². The number of nitrogens with zero attached hydrogens (tertiary/aromatic N) is 1. The molecule has 2 aromatic rings. The van der Waals surface area contributed by atoms with Gasteiger partial charge in [-0.25, -0.2) is 12.8 Å². The summed E-state index contributed by atoms with van der Waals surface area (Å²) in [6, 6.07) is 7.65. The maximum atomic E-state index is 13.4. The Balaban J connectivity index is 2.43. The van der Waals surface area contributed by atoms with Gasteiger partial charge in [-0.3, -0.25) is 14.8 Å². The van der Waals surface area contributed by atoms with Crippen LogP contribution in [0, 0.1) is 15.9 Å². The largest absolute Gasteiger partial charge is 0.502 e. The van der Waals surface area contributed by atoms with E-state index in [1.165, 1.54) is 18.2 Å². The quantitative estimate of drug-likeness (QED) is 0.664. The number of hydrogen-bond acceptors (Lipinski definition) is 5. The van der Waals surface area contributed by atoms with Crippen molar-refractivity contribution in [2.75, 3.05) is 4.72 Å². The molecule has 0 atom stereocenters. The van der Waals surface area contributed by atoms with Gasteiger partial charge in [0, 0.05) is 6.07 Å². The van der Waals surface area contributed by atoms with E-state index in [2.05, 4.69) is 0 Å². The van der Waals surface area contributed by atoms with Gasteiger partial charge in [-0.2, -0.15) is 0 Å². The molecule has 2 aromatic carbocycles. The summed E-state index contributed by atoms with van der Waals surface area (Å²) in [5.41, 5.74) is -1.04. The van der Waals surface area contributed by atoms with Crippen LogP contribution < -0.4 is 4.72 Å². The van der Waals surface area contributed by atoms with Crippen molar-refractivity contribution in [1.82, 2.24) is 0 Å². The summed E-state index contributed by atoms with van der Waals surface area (Å²) in [5.74, 6) is -1.45. The third-order valence-corrected chi connectivity index (χ3v) is 3.94. The fourth-order valence-electron chi connectivity index (χ4n) is 1.56. The van der Waals surface area contributed by atoms with Crippen LogP contribution in [0.5, 0.6) is 5.75 Å². The summed E-state index contributed by atoms with van der Waals surface area (Å²) in [6.07, 6.45) is 0. The predicted octanol–water partition coefficient (Wildman–Crippen LogP) is 2.24. The molecular formula is C12H9FN2O5S. The summed E-state index contributed by atoms with van der Waals surface area (Å²) < 4.78 is 39.5. The number of hydrogen-bond donors (Lipinski definition) is 2. The van der Waals surface area contributed by atoms with E-state index in [1.807, 2.05) is 4.72 Å². The van der Waals surface area contributed by atoms with Crippen LogP contribution in [0.25, 0.3) is 0 Å². The second-order valence-electron chi connectivity index (χ2n) is 3.99. The molecule has 0 amide bonds. The Morgan fingerprint density at radius 3 is 2.48 bits per heavy atom. The number of nitro groups is 1. The second kappa shape index (κ2) is 5.37. The maximum absolute atomic E-state index is 13.4. The third-order valence-electron chi connectivity index (χ3n) is 2.57. The summed E-state index contributed by atoms with van der Waals surface area (Å²) in [7, 11) is -4.21. The Labute approximate surface area is 118 Å². The molecule has 0 bridgehead atoms. The van der Waals surface area contributed by atoms with Crippen LogP contribution in [-0.2, 0) is 10.0 Å². The van der Waals surface area contributed by atoms with Gasteiger partial charge >= 0.3 is 5.69 Å². The van der Waals surface area contributed by atoms with Gasteiger partial charge in [0.2, 0.25) is 0 Å². The van der Waals surface area contributed by atoms with E-state index in [9.17, 15) is 28.0 Å². The van der Waals surface area contributed by atoms with E-state index in [0.717, 1.165) is 18.2 Å². The zero-order valence-electron chi connectivity index (χ0n) is 10.4. The number of phenols is 1. The van der Waals surface area contributed by atoms with Gasteiger partial charge in [-0.05, 0) is 24.3 Å². The van der Waals surface area contributed by atoms with Crippen LogP contribution in [0.1, 0.15) is 0 Å². The van der Waals surface area contributed by atoms with Crippen molar-refractivity contribution in [1.29, 1.82) is 0 Å². The van der Waals surface area contributed by atoms with E-state index in [-0.39, 0.29) is 5.69 Å². The van der Waals surface area contributed by atoms with E-state index < -0.39 is 37.1 Å². The van der Waals surface area contributed by atoms with Gasteiger partial charge < -0.3 is 5.11 Å². The van der Waals surface area contributed by atoms with Crippen molar-refractivity contribution in [2.24, 2.45) is 0 Å². The minimum absolute atomic E-state index is 0.284. The zero-order valence-corrected chi connectivity index (χ0v) is 11.2. The van der Waals surface area contributed by atoms with Crippen molar-refractivity contribution in [3.63, 3.8) is 0 Å². The van der Waals surface area contributed by atoms with E-state index in [1.54, 1.807) is 0 Å². The van der Waals surface area contributed by atoms with Gasteiger partial charge in [0.25, 0.3) is 10.0 Å². The Morgan fingerprint density at radius 2 is 1.86 bits per heavy atom. The highest BCUT2D eigenvalue weighted by Crippen LogP contribution is 2.29. The van der Waals surface area contributed by atoms with Gasteiger partial charge in [0.1, 0.15) is 5.82 Å². The van der Waals surface area contributed by atoms with E-state index >= 15 is 0 Å². The zero-order chi connectivity index (χ0) is 15.6. The molecule has 2 N–H and O–H groups in total. The van der Waals surface area contributed by atoms with Crippen molar-refractivity contribution < 1.29 is 22.8 Å². The molecule has 0 spiro atoms. The van der Waals surface area contributed by atoms with Gasteiger partial charge in [0.05, 0.1) is 15.5 Å². The molecule has 9 heteroatoms. The molecule has 21 heavy (non-hydrogen) atoms. The number of phenolic OH excluding ortho intramolecular Hbond substituents is 1. The normalized spacial score (nSPS) is 11.1. The fourth-order valence-corrected chi connectivity index (χ4v) is 2.65. The number of nitro benzene ring substituents is 1. The number of rotatable bonds is 4. The number of nitrogens with one attached hydrogen (secondary N) is 1. The van der Waals surface area contributed by atoms with Crippen molar-refractivity contribution in [2.45, 2.75) is 4.90 Å². The van der Waals surface area contributed by atoms with E-state index in [0.29, 0.717) is 6.07 Å². The summed E-state index contributed by atoms with van der Waals surface area (Å²) in [4.78, 5) is 9.30. The van der Waals surface area contributed by atoms with Crippen molar-refractivity contribution in [3.8, 4) is 5.75 Å². The molecule has 110 valence electrons. The van der Waals surface area contributed by atoms with Gasteiger partial charge in [-0.15, -0.1) is 0 Å². The van der Waals surface area contributed by atoms with Gasteiger partial charge in [0.15, 0.2) is 5.75 Å². The Hall–Kier alpha value is -2.68. The molecule has 0 heterocycles. The molecule has 0 aliphatic rings. The first-order valence-corrected chi connectivity index (χ1v) is 7.04. The topological polar surface area (TPSA) is 110 Å². The number of anilines is 1. The number of para-hydroxylation sites is 1.